The summed E-state index contributed by atoms with van der Waals surface area (Å²) in [6.07, 6.45) is 0. The molecule has 11 rings (SSSR count). The third-order valence-electron chi connectivity index (χ3n) is 11.4. The van der Waals surface area contributed by atoms with E-state index in [4.69, 9.17) is 0 Å². The van der Waals surface area contributed by atoms with E-state index < -0.39 is 0 Å². The van der Waals surface area contributed by atoms with Gasteiger partial charge in [-0.1, -0.05) is 206 Å². The van der Waals surface area contributed by atoms with E-state index in [2.05, 4.69) is 206 Å². The minimum Gasteiger partial charge on any atom is -0.0616 e. The Bertz CT molecular complexity index is 3030. The van der Waals surface area contributed by atoms with Crippen LogP contribution in [0.4, 0.5) is 0 Å². The summed E-state index contributed by atoms with van der Waals surface area (Å²) < 4.78 is 0. The third kappa shape index (κ3) is 4.64. The van der Waals surface area contributed by atoms with Gasteiger partial charge >= 0.3 is 0 Å². The lowest BCUT2D eigenvalue weighted by Gasteiger charge is -2.25. The highest BCUT2D eigenvalue weighted by molar-refractivity contribution is 6.31. The van der Waals surface area contributed by atoms with Crippen LogP contribution in [0.1, 0.15) is 0 Å². The van der Waals surface area contributed by atoms with Crippen LogP contribution in [0.5, 0.6) is 0 Å². The summed E-state index contributed by atoms with van der Waals surface area (Å²) in [5.41, 5.74) is 9.98. The Hall–Kier alpha value is -7.02. The van der Waals surface area contributed by atoms with Crippen molar-refractivity contribution in [3.8, 4) is 44.5 Å². The summed E-state index contributed by atoms with van der Waals surface area (Å²) in [4.78, 5) is 0. The Balaban J connectivity index is 1.46. The second kappa shape index (κ2) is 12.3. The van der Waals surface area contributed by atoms with Gasteiger partial charge in [-0.2, -0.15) is 0 Å². The van der Waals surface area contributed by atoms with Crippen LogP contribution in [0.2, 0.25) is 0 Å². The quantitative estimate of drug-likeness (QED) is 0.162. The molecule has 0 nitrogen and oxygen atoms in total. The van der Waals surface area contributed by atoms with Gasteiger partial charge in [0.15, 0.2) is 0 Å². The normalized spacial score (nSPS) is 11.7. The summed E-state index contributed by atoms with van der Waals surface area (Å²) in [6, 6.07) is 76.3. The lowest BCUT2D eigenvalue weighted by molar-refractivity contribution is 1.65. The van der Waals surface area contributed by atoms with E-state index in [-0.39, 0.29) is 0 Å². The molecule has 0 atom stereocenters. The number of rotatable bonds is 4. The SMILES string of the molecule is c1ccc2c(-c3ccc(-c4cccc5ccccc45)c4c(-c5cccc6ccccc56)c5ccccc5c(-c5cccc6ccccc56)c34)cccc2c1. The van der Waals surface area contributed by atoms with Crippen molar-refractivity contribution in [3.05, 3.63) is 206 Å². The largest absolute Gasteiger partial charge is 0.0616 e. The fourth-order valence-corrected chi connectivity index (χ4v) is 9.13. The van der Waals surface area contributed by atoms with Crippen molar-refractivity contribution in [2.75, 3.05) is 0 Å². The molecule has 0 saturated carbocycles. The first kappa shape index (κ1) is 30.6. The number of benzene rings is 11. The fraction of sp³-hybridized carbons (Fsp3) is 0. The summed E-state index contributed by atoms with van der Waals surface area (Å²) in [6.45, 7) is 0. The standard InChI is InChI=1S/C54H34/c1-5-23-39-35(15-1)19-11-29-43(39)49-33-34-50(44-30-12-20-36-16-2-6-24-40(36)44)54-52(46-32-14-22-38-18-4-8-26-42(38)46)48-28-10-9-27-47(48)51(53(49)54)45-31-13-21-37-17-3-7-25-41(37)45/h1-34H. The van der Waals surface area contributed by atoms with E-state index in [1.807, 2.05) is 0 Å². The van der Waals surface area contributed by atoms with E-state index in [9.17, 15) is 0 Å². The minimum absolute atomic E-state index is 1.24. The Labute approximate surface area is 314 Å². The smallest absolute Gasteiger partial charge is 0.000741 e. The molecule has 0 aliphatic rings. The van der Waals surface area contributed by atoms with Crippen molar-refractivity contribution in [1.29, 1.82) is 0 Å². The molecule has 0 aliphatic heterocycles. The summed E-state index contributed by atoms with van der Waals surface area (Å²) in [7, 11) is 0. The van der Waals surface area contributed by atoms with Gasteiger partial charge in [0.2, 0.25) is 0 Å². The first-order valence-electron chi connectivity index (χ1n) is 18.8. The molecule has 11 aromatic carbocycles. The average Bonchev–Trinajstić information content (AvgIpc) is 3.24. The molecule has 0 heteroatoms. The molecule has 0 spiro atoms. The summed E-state index contributed by atoms with van der Waals surface area (Å²) >= 11 is 0. The van der Waals surface area contributed by atoms with Gasteiger partial charge in [-0.05, 0) is 109 Å². The van der Waals surface area contributed by atoms with Gasteiger partial charge in [0, 0.05) is 0 Å². The van der Waals surface area contributed by atoms with Crippen LogP contribution in [-0.2, 0) is 0 Å². The zero-order chi connectivity index (χ0) is 35.6. The molecule has 0 amide bonds. The van der Waals surface area contributed by atoms with Crippen molar-refractivity contribution < 1.29 is 0 Å². The molecule has 0 fully saturated rings. The van der Waals surface area contributed by atoms with Crippen LogP contribution in [0.25, 0.3) is 109 Å². The van der Waals surface area contributed by atoms with Crippen molar-refractivity contribution >= 4 is 64.6 Å². The molecule has 250 valence electrons. The Morgan fingerprint density at radius 2 is 0.426 bits per heavy atom. The highest BCUT2D eigenvalue weighted by Gasteiger charge is 2.25. The predicted molar refractivity (Wildman–Crippen MR) is 233 cm³/mol. The molecule has 0 radical (unpaired) electrons. The molecule has 0 aromatic heterocycles. The molecular weight excluding hydrogens is 649 g/mol. The van der Waals surface area contributed by atoms with E-state index >= 15 is 0 Å². The van der Waals surface area contributed by atoms with Gasteiger partial charge in [0.05, 0.1) is 0 Å². The molecule has 54 heavy (non-hydrogen) atoms. The van der Waals surface area contributed by atoms with Crippen molar-refractivity contribution in [2.45, 2.75) is 0 Å². The molecular formula is C54H34. The number of hydrogen-bond acceptors (Lipinski definition) is 0. The van der Waals surface area contributed by atoms with Crippen LogP contribution in [0.3, 0.4) is 0 Å². The number of fused-ring (bicyclic) bond motifs is 6. The molecule has 0 heterocycles. The molecule has 0 unspecified atom stereocenters. The predicted octanol–water partition coefficient (Wildman–Crippen LogP) is 15.3. The Morgan fingerprint density at radius 1 is 0.167 bits per heavy atom. The van der Waals surface area contributed by atoms with E-state index in [0.717, 1.165) is 0 Å². The summed E-state index contributed by atoms with van der Waals surface area (Å²) in [5.74, 6) is 0. The molecule has 0 saturated heterocycles. The monoisotopic (exact) mass is 682 g/mol. The lowest BCUT2D eigenvalue weighted by Crippen LogP contribution is -1.97. The van der Waals surface area contributed by atoms with Gasteiger partial charge in [-0.3, -0.25) is 0 Å². The van der Waals surface area contributed by atoms with Gasteiger partial charge < -0.3 is 0 Å². The van der Waals surface area contributed by atoms with Crippen LogP contribution in [0.15, 0.2) is 206 Å². The first-order valence-corrected chi connectivity index (χ1v) is 18.8. The van der Waals surface area contributed by atoms with Gasteiger partial charge in [-0.25, -0.2) is 0 Å². The second-order valence-electron chi connectivity index (χ2n) is 14.3. The minimum atomic E-state index is 1.24. The van der Waals surface area contributed by atoms with E-state index in [1.54, 1.807) is 0 Å². The van der Waals surface area contributed by atoms with Crippen molar-refractivity contribution in [1.82, 2.24) is 0 Å². The van der Waals surface area contributed by atoms with Crippen LogP contribution in [-0.4, -0.2) is 0 Å². The Morgan fingerprint density at radius 3 is 0.778 bits per heavy atom. The van der Waals surface area contributed by atoms with Gasteiger partial charge in [-0.15, -0.1) is 0 Å². The second-order valence-corrected chi connectivity index (χ2v) is 14.3. The highest BCUT2D eigenvalue weighted by atomic mass is 14.3. The fourth-order valence-electron chi connectivity index (χ4n) is 9.13. The average molecular weight is 683 g/mol. The van der Waals surface area contributed by atoms with Gasteiger partial charge in [0.1, 0.15) is 0 Å². The van der Waals surface area contributed by atoms with Crippen LogP contribution >= 0.6 is 0 Å². The summed E-state index contributed by atoms with van der Waals surface area (Å²) in [5, 5.41) is 15.0. The molecule has 0 bridgehead atoms. The molecule has 0 N–H and O–H groups in total. The lowest BCUT2D eigenvalue weighted by atomic mass is 9.78. The maximum Gasteiger partial charge on any atom is -0.000741 e. The first-order chi connectivity index (χ1) is 26.8. The topological polar surface area (TPSA) is 0 Å². The maximum atomic E-state index is 2.40. The van der Waals surface area contributed by atoms with Crippen LogP contribution in [0, 0.1) is 0 Å². The highest BCUT2D eigenvalue weighted by Crippen LogP contribution is 2.53. The van der Waals surface area contributed by atoms with Crippen molar-refractivity contribution in [3.63, 3.8) is 0 Å². The zero-order valence-electron chi connectivity index (χ0n) is 29.6. The third-order valence-corrected chi connectivity index (χ3v) is 11.4. The molecule has 0 aliphatic carbocycles. The molecule has 11 aromatic rings. The van der Waals surface area contributed by atoms with E-state index in [0.29, 0.717) is 0 Å². The van der Waals surface area contributed by atoms with Gasteiger partial charge in [0.25, 0.3) is 0 Å². The Kier molecular flexibility index (Phi) is 6.97. The van der Waals surface area contributed by atoms with Crippen molar-refractivity contribution in [2.24, 2.45) is 0 Å². The maximum absolute atomic E-state index is 2.40. The zero-order valence-corrected chi connectivity index (χ0v) is 29.6. The van der Waals surface area contributed by atoms with Crippen LogP contribution < -0.4 is 0 Å². The van der Waals surface area contributed by atoms with E-state index in [1.165, 1.54) is 109 Å². The number of hydrogen-bond donors (Lipinski definition) is 0.